The molecule has 1 fully saturated rings. The summed E-state index contributed by atoms with van der Waals surface area (Å²) in [6.07, 6.45) is 1.06. The monoisotopic (exact) mass is 203 g/mol. The molecule has 2 N–H and O–H groups in total. The first-order chi connectivity index (χ1) is 7.18. The first-order valence-corrected chi connectivity index (χ1v) is 4.79. The Kier molecular flexibility index (Phi) is 2.41. The SMILES string of the molecule is NC(=O)c1[c]cc(C(=O)N2CCC2)cc1. The number of nitrogens with two attached hydrogens (primary N) is 1. The minimum atomic E-state index is -0.530. The van der Waals surface area contributed by atoms with E-state index in [1.54, 1.807) is 11.0 Å². The second kappa shape index (κ2) is 3.73. The summed E-state index contributed by atoms with van der Waals surface area (Å²) in [7, 11) is 0. The largest absolute Gasteiger partial charge is 0.366 e. The number of benzene rings is 1. The average Bonchev–Trinajstić information content (AvgIpc) is 2.15. The van der Waals surface area contributed by atoms with Crippen LogP contribution in [0.2, 0.25) is 0 Å². The fourth-order valence-corrected chi connectivity index (χ4v) is 1.41. The van der Waals surface area contributed by atoms with Crippen LogP contribution in [0.25, 0.3) is 0 Å². The van der Waals surface area contributed by atoms with E-state index in [0.29, 0.717) is 11.1 Å². The smallest absolute Gasteiger partial charge is 0.253 e. The number of carbonyl (C=O) groups excluding carboxylic acids is 2. The molecule has 2 amide bonds. The lowest BCUT2D eigenvalue weighted by atomic mass is 10.1. The highest BCUT2D eigenvalue weighted by molar-refractivity contribution is 5.97. The predicted molar refractivity (Wildman–Crippen MR) is 54.3 cm³/mol. The lowest BCUT2D eigenvalue weighted by molar-refractivity contribution is 0.0651. The van der Waals surface area contributed by atoms with E-state index in [9.17, 15) is 9.59 Å². The Bertz CT molecular complexity index is 394. The van der Waals surface area contributed by atoms with E-state index in [1.807, 2.05) is 0 Å². The third-order valence-electron chi connectivity index (χ3n) is 2.47. The molecule has 15 heavy (non-hydrogen) atoms. The molecule has 0 bridgehead atoms. The maximum Gasteiger partial charge on any atom is 0.253 e. The number of hydrogen-bond acceptors (Lipinski definition) is 2. The van der Waals surface area contributed by atoms with Gasteiger partial charge >= 0.3 is 0 Å². The molecule has 4 nitrogen and oxygen atoms in total. The van der Waals surface area contributed by atoms with Gasteiger partial charge in [-0.25, -0.2) is 0 Å². The fourth-order valence-electron chi connectivity index (χ4n) is 1.41. The van der Waals surface area contributed by atoms with Crippen molar-refractivity contribution in [2.75, 3.05) is 13.1 Å². The fraction of sp³-hybridized carbons (Fsp3) is 0.273. The van der Waals surface area contributed by atoms with Crippen LogP contribution in [0.4, 0.5) is 0 Å². The highest BCUT2D eigenvalue weighted by Gasteiger charge is 2.21. The van der Waals surface area contributed by atoms with Crippen LogP contribution in [0.3, 0.4) is 0 Å². The molecular formula is C11H11N2O2. The zero-order valence-corrected chi connectivity index (χ0v) is 8.19. The summed E-state index contributed by atoms with van der Waals surface area (Å²) in [4.78, 5) is 24.2. The zero-order chi connectivity index (χ0) is 10.8. The van der Waals surface area contributed by atoms with Crippen molar-refractivity contribution < 1.29 is 9.59 Å². The lowest BCUT2D eigenvalue weighted by Crippen LogP contribution is -2.42. The summed E-state index contributed by atoms with van der Waals surface area (Å²) in [5.41, 5.74) is 5.93. The molecule has 0 unspecified atom stereocenters. The number of nitrogens with zero attached hydrogens (tertiary/aromatic N) is 1. The van der Waals surface area contributed by atoms with Crippen LogP contribution in [0, 0.1) is 6.07 Å². The molecule has 0 saturated carbocycles. The van der Waals surface area contributed by atoms with Gasteiger partial charge in [0.25, 0.3) is 5.91 Å². The molecule has 0 atom stereocenters. The molecule has 1 aromatic rings. The molecule has 1 aromatic carbocycles. The summed E-state index contributed by atoms with van der Waals surface area (Å²) in [6, 6.07) is 7.34. The van der Waals surface area contributed by atoms with Gasteiger partial charge in [-0.05, 0) is 30.7 Å². The van der Waals surface area contributed by atoms with Crippen molar-refractivity contribution in [2.45, 2.75) is 6.42 Å². The van der Waals surface area contributed by atoms with Crippen LogP contribution in [-0.4, -0.2) is 29.8 Å². The molecule has 2 rings (SSSR count). The molecular weight excluding hydrogens is 192 g/mol. The van der Waals surface area contributed by atoms with E-state index in [1.165, 1.54) is 12.1 Å². The van der Waals surface area contributed by atoms with Crippen molar-refractivity contribution in [3.8, 4) is 0 Å². The second-order valence-corrected chi connectivity index (χ2v) is 3.50. The molecule has 1 saturated heterocycles. The molecule has 1 radical (unpaired) electrons. The Hall–Kier alpha value is -1.84. The van der Waals surface area contributed by atoms with Gasteiger partial charge in [0.15, 0.2) is 0 Å². The maximum absolute atomic E-state index is 11.7. The molecule has 0 aliphatic carbocycles. The number of hydrogen-bond donors (Lipinski definition) is 1. The van der Waals surface area contributed by atoms with E-state index >= 15 is 0 Å². The van der Waals surface area contributed by atoms with Crippen LogP contribution in [-0.2, 0) is 0 Å². The Morgan fingerprint density at radius 2 is 2.07 bits per heavy atom. The zero-order valence-electron chi connectivity index (χ0n) is 8.19. The molecule has 4 heteroatoms. The number of carbonyl (C=O) groups is 2. The topological polar surface area (TPSA) is 63.4 Å². The van der Waals surface area contributed by atoms with Crippen LogP contribution in [0.1, 0.15) is 27.1 Å². The summed E-state index contributed by atoms with van der Waals surface area (Å²) in [5, 5.41) is 0. The number of likely N-dealkylation sites (tertiary alicyclic amines) is 1. The second-order valence-electron chi connectivity index (χ2n) is 3.50. The van der Waals surface area contributed by atoms with E-state index in [2.05, 4.69) is 6.07 Å². The Morgan fingerprint density at radius 1 is 1.33 bits per heavy atom. The standard InChI is InChI=1S/C11H11N2O2/c12-10(14)8-2-4-9(5-3-8)11(15)13-6-1-7-13/h2,4-5H,1,6-7H2,(H2,12,14). The van der Waals surface area contributed by atoms with Gasteiger partial charge in [0.05, 0.1) is 0 Å². The van der Waals surface area contributed by atoms with Crippen molar-refractivity contribution in [3.63, 3.8) is 0 Å². The quantitative estimate of drug-likeness (QED) is 0.757. The van der Waals surface area contributed by atoms with Crippen molar-refractivity contribution in [3.05, 3.63) is 35.4 Å². The molecule has 1 aliphatic heterocycles. The minimum absolute atomic E-state index is 0.00600. The van der Waals surface area contributed by atoms with E-state index < -0.39 is 5.91 Å². The van der Waals surface area contributed by atoms with E-state index in [0.717, 1.165) is 19.5 Å². The van der Waals surface area contributed by atoms with Gasteiger partial charge in [-0.3, -0.25) is 9.59 Å². The third kappa shape index (κ3) is 1.83. The number of amides is 2. The number of primary amides is 1. The maximum atomic E-state index is 11.7. The molecule has 77 valence electrons. The van der Waals surface area contributed by atoms with Crippen molar-refractivity contribution >= 4 is 11.8 Å². The highest BCUT2D eigenvalue weighted by atomic mass is 16.2. The molecule has 0 aromatic heterocycles. The Morgan fingerprint density at radius 3 is 2.47 bits per heavy atom. The van der Waals surface area contributed by atoms with E-state index in [4.69, 9.17) is 5.73 Å². The first kappa shape index (κ1) is 9.71. The van der Waals surface area contributed by atoms with Crippen LogP contribution < -0.4 is 5.73 Å². The van der Waals surface area contributed by atoms with Crippen molar-refractivity contribution in [1.82, 2.24) is 4.90 Å². The summed E-state index contributed by atoms with van der Waals surface area (Å²) in [6.45, 7) is 1.63. The van der Waals surface area contributed by atoms with Gasteiger partial charge in [0.1, 0.15) is 0 Å². The van der Waals surface area contributed by atoms with Gasteiger partial charge in [-0.2, -0.15) is 0 Å². The predicted octanol–water partition coefficient (Wildman–Crippen LogP) is 0.432. The summed E-state index contributed by atoms with van der Waals surface area (Å²) < 4.78 is 0. The van der Waals surface area contributed by atoms with Crippen molar-refractivity contribution in [2.24, 2.45) is 5.73 Å². The molecule has 1 aliphatic rings. The van der Waals surface area contributed by atoms with Gasteiger partial charge < -0.3 is 10.6 Å². The van der Waals surface area contributed by atoms with E-state index in [-0.39, 0.29) is 5.91 Å². The Balaban J connectivity index is 2.15. The number of rotatable bonds is 2. The summed E-state index contributed by atoms with van der Waals surface area (Å²) in [5.74, 6) is -0.536. The normalized spacial score (nSPS) is 14.5. The average molecular weight is 203 g/mol. The minimum Gasteiger partial charge on any atom is -0.366 e. The van der Waals surface area contributed by atoms with Crippen LogP contribution in [0.5, 0.6) is 0 Å². The third-order valence-corrected chi connectivity index (χ3v) is 2.47. The Labute approximate surface area is 87.7 Å². The van der Waals surface area contributed by atoms with Gasteiger partial charge in [-0.15, -0.1) is 0 Å². The lowest BCUT2D eigenvalue weighted by Gasteiger charge is -2.30. The van der Waals surface area contributed by atoms with Crippen molar-refractivity contribution in [1.29, 1.82) is 0 Å². The molecule has 1 heterocycles. The van der Waals surface area contributed by atoms with Gasteiger partial charge in [-0.1, -0.05) is 0 Å². The highest BCUT2D eigenvalue weighted by Crippen LogP contribution is 2.12. The summed E-state index contributed by atoms with van der Waals surface area (Å²) >= 11 is 0. The molecule has 0 spiro atoms. The van der Waals surface area contributed by atoms with Gasteiger partial charge in [0, 0.05) is 24.2 Å². The first-order valence-electron chi connectivity index (χ1n) is 4.79. The van der Waals surface area contributed by atoms with Gasteiger partial charge in [0.2, 0.25) is 5.91 Å². The van der Waals surface area contributed by atoms with Crippen LogP contribution >= 0.6 is 0 Å². The van der Waals surface area contributed by atoms with Crippen LogP contribution in [0.15, 0.2) is 18.2 Å².